The number of hydrogen-bond acceptors (Lipinski definition) is 3. The van der Waals surface area contributed by atoms with E-state index >= 15 is 0 Å². The first-order chi connectivity index (χ1) is 12.2. The molecule has 2 atom stereocenters. The summed E-state index contributed by atoms with van der Waals surface area (Å²) in [5, 5.41) is 9.73. The van der Waals surface area contributed by atoms with Crippen LogP contribution in [0.25, 0.3) is 5.69 Å². The number of hydrogen-bond donors (Lipinski definition) is 2. The average molecular weight is 340 g/mol. The molecule has 2 N–H and O–H groups in total. The Balaban J connectivity index is 1.61. The highest BCUT2D eigenvalue weighted by Gasteiger charge is 2.25. The Kier molecular flexibility index (Phi) is 5.48. The fourth-order valence-corrected chi connectivity index (χ4v) is 3.39. The molecular weight excluding hydrogens is 316 g/mol. The number of benzene rings is 1. The van der Waals surface area contributed by atoms with Crippen LogP contribution in [0.4, 0.5) is 5.82 Å². The molecule has 1 fully saturated rings. The maximum absolute atomic E-state index is 12.3. The van der Waals surface area contributed by atoms with Crippen LogP contribution in [0.2, 0.25) is 0 Å². The van der Waals surface area contributed by atoms with E-state index < -0.39 is 11.8 Å². The van der Waals surface area contributed by atoms with Gasteiger partial charge in [-0.15, -0.1) is 0 Å². The molecule has 1 heterocycles. The van der Waals surface area contributed by atoms with Crippen LogP contribution >= 0.6 is 0 Å². The minimum Gasteiger partial charge on any atom is -0.345 e. The van der Waals surface area contributed by atoms with Gasteiger partial charge in [-0.3, -0.25) is 9.59 Å². The molecule has 1 aromatic heterocycles. The molecule has 6 nitrogen and oxygen atoms in total. The number of carbonyl (C=O) groups excluding carboxylic acids is 2. The van der Waals surface area contributed by atoms with Gasteiger partial charge >= 0.3 is 11.8 Å². The molecule has 1 aliphatic rings. The Morgan fingerprint density at radius 2 is 1.96 bits per heavy atom. The number of anilines is 1. The number of para-hydroxylation sites is 1. The molecule has 0 saturated heterocycles. The highest BCUT2D eigenvalue weighted by molar-refractivity contribution is 6.39. The molecule has 0 aliphatic heterocycles. The van der Waals surface area contributed by atoms with Crippen molar-refractivity contribution in [1.29, 1.82) is 0 Å². The SMILES string of the molecule is CC[C@@H]1CCC[C@H](NC(=O)C(=O)Nc2ccnn2-c2ccccc2)C1. The van der Waals surface area contributed by atoms with Crippen LogP contribution in [0, 0.1) is 5.92 Å². The first-order valence-corrected chi connectivity index (χ1v) is 8.88. The van der Waals surface area contributed by atoms with E-state index in [-0.39, 0.29) is 6.04 Å². The highest BCUT2D eigenvalue weighted by atomic mass is 16.2. The molecule has 0 radical (unpaired) electrons. The molecule has 132 valence electrons. The smallest absolute Gasteiger partial charge is 0.314 e. The van der Waals surface area contributed by atoms with Crippen molar-refractivity contribution in [2.24, 2.45) is 5.92 Å². The molecule has 2 aromatic rings. The first-order valence-electron chi connectivity index (χ1n) is 8.88. The molecule has 2 amide bonds. The van der Waals surface area contributed by atoms with E-state index in [0.29, 0.717) is 11.7 Å². The minimum absolute atomic E-state index is 0.0935. The third-order valence-electron chi connectivity index (χ3n) is 4.79. The molecule has 25 heavy (non-hydrogen) atoms. The van der Waals surface area contributed by atoms with Crippen LogP contribution in [0.1, 0.15) is 39.0 Å². The summed E-state index contributed by atoms with van der Waals surface area (Å²) in [6.45, 7) is 2.17. The van der Waals surface area contributed by atoms with E-state index in [4.69, 9.17) is 0 Å². The summed E-state index contributed by atoms with van der Waals surface area (Å²) in [7, 11) is 0. The number of nitrogens with zero attached hydrogens (tertiary/aromatic N) is 2. The maximum atomic E-state index is 12.3. The van der Waals surface area contributed by atoms with Crippen molar-refractivity contribution in [2.75, 3.05) is 5.32 Å². The number of rotatable bonds is 4. The van der Waals surface area contributed by atoms with Gasteiger partial charge in [-0.05, 0) is 30.9 Å². The zero-order valence-corrected chi connectivity index (χ0v) is 14.4. The zero-order chi connectivity index (χ0) is 17.6. The topological polar surface area (TPSA) is 76.0 Å². The fraction of sp³-hybridized carbons (Fsp3) is 0.421. The first kappa shape index (κ1) is 17.2. The van der Waals surface area contributed by atoms with Crippen LogP contribution in [0.3, 0.4) is 0 Å². The Hall–Kier alpha value is -2.63. The van der Waals surface area contributed by atoms with E-state index in [1.807, 2.05) is 30.3 Å². The number of aromatic nitrogens is 2. The number of carbonyl (C=O) groups is 2. The van der Waals surface area contributed by atoms with E-state index in [1.54, 1.807) is 16.9 Å². The van der Waals surface area contributed by atoms with Crippen molar-refractivity contribution in [2.45, 2.75) is 45.1 Å². The Morgan fingerprint density at radius 3 is 2.72 bits per heavy atom. The summed E-state index contributed by atoms with van der Waals surface area (Å²) in [5.41, 5.74) is 0.821. The van der Waals surface area contributed by atoms with Gasteiger partial charge in [0.15, 0.2) is 0 Å². The van der Waals surface area contributed by atoms with Gasteiger partial charge in [-0.25, -0.2) is 4.68 Å². The second-order valence-corrected chi connectivity index (χ2v) is 6.53. The lowest BCUT2D eigenvalue weighted by molar-refractivity contribution is -0.136. The van der Waals surface area contributed by atoms with Gasteiger partial charge in [0.2, 0.25) is 0 Å². The van der Waals surface area contributed by atoms with Gasteiger partial charge in [0, 0.05) is 12.1 Å². The van der Waals surface area contributed by atoms with E-state index in [2.05, 4.69) is 22.7 Å². The number of amides is 2. The van der Waals surface area contributed by atoms with Crippen LogP contribution in [-0.2, 0) is 9.59 Å². The van der Waals surface area contributed by atoms with Crippen molar-refractivity contribution in [3.05, 3.63) is 42.6 Å². The Bertz CT molecular complexity index is 726. The summed E-state index contributed by atoms with van der Waals surface area (Å²) < 4.78 is 1.60. The van der Waals surface area contributed by atoms with E-state index in [0.717, 1.165) is 31.4 Å². The van der Waals surface area contributed by atoms with Gasteiger partial charge in [-0.1, -0.05) is 44.4 Å². The van der Waals surface area contributed by atoms with Gasteiger partial charge in [0.25, 0.3) is 0 Å². The lowest BCUT2D eigenvalue weighted by Crippen LogP contribution is -2.44. The lowest BCUT2D eigenvalue weighted by atomic mass is 9.84. The fourth-order valence-electron chi connectivity index (χ4n) is 3.39. The lowest BCUT2D eigenvalue weighted by Gasteiger charge is -2.28. The summed E-state index contributed by atoms with van der Waals surface area (Å²) in [5.74, 6) is -0.123. The largest absolute Gasteiger partial charge is 0.345 e. The molecule has 3 rings (SSSR count). The molecular formula is C19H24N4O2. The van der Waals surface area contributed by atoms with Gasteiger partial charge in [0.1, 0.15) is 5.82 Å². The standard InChI is InChI=1S/C19H24N4O2/c1-2-14-7-6-8-15(13-14)21-18(24)19(25)22-17-11-12-20-23(17)16-9-4-3-5-10-16/h3-5,9-12,14-15H,2,6-8,13H2,1H3,(H,21,24)(H,22,25)/t14-,15+/m1/s1. The van der Waals surface area contributed by atoms with E-state index in [9.17, 15) is 9.59 Å². The monoisotopic (exact) mass is 340 g/mol. The molecule has 0 spiro atoms. The predicted octanol–water partition coefficient (Wildman–Crippen LogP) is 2.90. The normalized spacial score (nSPS) is 20.0. The summed E-state index contributed by atoms with van der Waals surface area (Å²) in [6.07, 6.45) is 6.93. The third kappa shape index (κ3) is 4.26. The Morgan fingerprint density at radius 1 is 1.16 bits per heavy atom. The van der Waals surface area contributed by atoms with E-state index in [1.165, 1.54) is 6.42 Å². The zero-order valence-electron chi connectivity index (χ0n) is 14.4. The third-order valence-corrected chi connectivity index (χ3v) is 4.79. The van der Waals surface area contributed by atoms with Gasteiger partial charge in [0.05, 0.1) is 11.9 Å². The van der Waals surface area contributed by atoms with Crippen LogP contribution in [0.15, 0.2) is 42.6 Å². The predicted molar refractivity (Wildman–Crippen MR) is 96.4 cm³/mol. The van der Waals surface area contributed by atoms with Crippen LogP contribution in [-0.4, -0.2) is 27.6 Å². The Labute approximate surface area is 147 Å². The van der Waals surface area contributed by atoms with Gasteiger partial charge in [-0.2, -0.15) is 5.10 Å². The van der Waals surface area contributed by atoms with Crippen molar-refractivity contribution in [3.8, 4) is 5.69 Å². The van der Waals surface area contributed by atoms with Crippen LogP contribution < -0.4 is 10.6 Å². The second-order valence-electron chi connectivity index (χ2n) is 6.53. The summed E-state index contributed by atoms with van der Waals surface area (Å²) in [6, 6.07) is 11.2. The van der Waals surface area contributed by atoms with Crippen molar-refractivity contribution >= 4 is 17.6 Å². The van der Waals surface area contributed by atoms with Crippen molar-refractivity contribution in [3.63, 3.8) is 0 Å². The molecule has 1 aromatic carbocycles. The quantitative estimate of drug-likeness (QED) is 0.840. The molecule has 0 bridgehead atoms. The number of nitrogens with one attached hydrogen (secondary N) is 2. The molecule has 0 unspecified atom stereocenters. The maximum Gasteiger partial charge on any atom is 0.314 e. The van der Waals surface area contributed by atoms with Crippen LogP contribution in [0.5, 0.6) is 0 Å². The van der Waals surface area contributed by atoms with Crippen molar-refractivity contribution in [1.82, 2.24) is 15.1 Å². The molecule has 6 heteroatoms. The molecule has 1 saturated carbocycles. The second kappa shape index (κ2) is 7.96. The summed E-state index contributed by atoms with van der Waals surface area (Å²) in [4.78, 5) is 24.5. The highest BCUT2D eigenvalue weighted by Crippen LogP contribution is 2.26. The average Bonchev–Trinajstić information content (AvgIpc) is 3.10. The molecule has 1 aliphatic carbocycles. The van der Waals surface area contributed by atoms with Crippen molar-refractivity contribution < 1.29 is 9.59 Å². The summed E-state index contributed by atoms with van der Waals surface area (Å²) >= 11 is 0. The van der Waals surface area contributed by atoms with Gasteiger partial charge < -0.3 is 10.6 Å². The minimum atomic E-state index is -0.656.